The summed E-state index contributed by atoms with van der Waals surface area (Å²) >= 11 is 7.67. The van der Waals surface area contributed by atoms with Gasteiger partial charge in [0.05, 0.1) is 11.0 Å². The molecule has 0 aliphatic heterocycles. The number of nitrogens with one attached hydrogen (secondary N) is 1. The molecule has 3 rings (SSSR count). The number of aromatic nitrogens is 2. The van der Waals surface area contributed by atoms with Crippen LogP contribution in [0.3, 0.4) is 0 Å². The number of rotatable bonds is 3. The third kappa shape index (κ3) is 2.25. The van der Waals surface area contributed by atoms with E-state index in [1.165, 1.54) is 41.6 Å². The molecule has 0 radical (unpaired) electrons. The number of fused-ring (bicyclic) bond motifs is 1. The van der Waals surface area contributed by atoms with Crippen LogP contribution in [-0.2, 0) is 0 Å². The van der Waals surface area contributed by atoms with E-state index in [4.69, 9.17) is 12.2 Å². The molecule has 1 N–H and O–H groups in total. The van der Waals surface area contributed by atoms with Crippen LogP contribution in [0.4, 0.5) is 0 Å². The number of benzene rings is 1. The maximum atomic E-state index is 5.58. The molecule has 19 heavy (non-hydrogen) atoms. The van der Waals surface area contributed by atoms with Crippen molar-refractivity contribution in [2.75, 3.05) is 5.75 Å². The Hall–Kier alpha value is -0.740. The van der Waals surface area contributed by atoms with E-state index < -0.39 is 0 Å². The van der Waals surface area contributed by atoms with E-state index in [0.717, 1.165) is 10.0 Å². The molecule has 102 valence electrons. The van der Waals surface area contributed by atoms with Crippen molar-refractivity contribution in [3.05, 3.63) is 28.5 Å². The molecule has 1 aromatic carbocycles. The van der Waals surface area contributed by atoms with Crippen molar-refractivity contribution in [2.24, 2.45) is 0 Å². The fourth-order valence-corrected chi connectivity index (χ4v) is 4.81. The highest BCUT2D eigenvalue weighted by Gasteiger charge is 2.30. The zero-order valence-corrected chi connectivity index (χ0v) is 13.1. The molecule has 1 saturated carbocycles. The summed E-state index contributed by atoms with van der Waals surface area (Å²) < 4.78 is 3.26. The number of aryl methyl sites for hydroxylation is 1. The van der Waals surface area contributed by atoms with Crippen LogP contribution in [0.5, 0.6) is 0 Å². The van der Waals surface area contributed by atoms with Gasteiger partial charge in [0.2, 0.25) is 0 Å². The molecule has 0 saturated heterocycles. The third-order valence-corrected chi connectivity index (χ3v) is 5.70. The lowest BCUT2D eigenvalue weighted by molar-refractivity contribution is 0.536. The van der Waals surface area contributed by atoms with Gasteiger partial charge in [0, 0.05) is 11.3 Å². The van der Waals surface area contributed by atoms with Gasteiger partial charge in [-0.2, -0.15) is 11.8 Å². The average Bonchev–Trinajstić information content (AvgIpc) is 2.94. The summed E-state index contributed by atoms with van der Waals surface area (Å²) in [6.45, 7) is 4.39. The number of nitrogens with zero attached hydrogens (tertiary/aromatic N) is 1. The van der Waals surface area contributed by atoms with Gasteiger partial charge in [-0.25, -0.2) is 0 Å². The number of thioether (sulfide) groups is 1. The Morgan fingerprint density at radius 1 is 1.42 bits per heavy atom. The molecule has 1 heterocycles. The molecule has 2 aromatic rings. The number of aromatic amines is 1. The van der Waals surface area contributed by atoms with Crippen molar-refractivity contribution in [1.29, 1.82) is 0 Å². The van der Waals surface area contributed by atoms with Crippen LogP contribution in [0, 0.1) is 11.7 Å². The second-order valence-corrected chi connectivity index (χ2v) is 7.16. The van der Waals surface area contributed by atoms with Crippen LogP contribution in [-0.4, -0.2) is 20.6 Å². The van der Waals surface area contributed by atoms with E-state index in [1.807, 2.05) is 0 Å². The summed E-state index contributed by atoms with van der Waals surface area (Å²) in [6, 6.07) is 7.03. The maximum Gasteiger partial charge on any atom is 0.178 e. The minimum Gasteiger partial charge on any atom is -0.330 e. The molecular formula is C15H20N2S2. The Kier molecular flexibility index (Phi) is 3.72. The SMILES string of the molecule is CCSC1CCCC1n1c(=S)[nH]c2c(C)cccc21. The van der Waals surface area contributed by atoms with Gasteiger partial charge in [-0.3, -0.25) is 0 Å². The number of para-hydroxylation sites is 1. The highest BCUT2D eigenvalue weighted by atomic mass is 32.2. The number of hydrogen-bond acceptors (Lipinski definition) is 2. The smallest absolute Gasteiger partial charge is 0.178 e. The zero-order chi connectivity index (χ0) is 13.4. The molecule has 2 atom stereocenters. The van der Waals surface area contributed by atoms with Gasteiger partial charge in [0.15, 0.2) is 4.77 Å². The van der Waals surface area contributed by atoms with Crippen molar-refractivity contribution >= 4 is 35.0 Å². The summed E-state index contributed by atoms with van der Waals surface area (Å²) in [5.74, 6) is 1.19. The normalized spacial score (nSPS) is 23.3. The van der Waals surface area contributed by atoms with Crippen LogP contribution < -0.4 is 0 Å². The lowest BCUT2D eigenvalue weighted by Gasteiger charge is -2.21. The minimum atomic E-state index is 0.563. The van der Waals surface area contributed by atoms with Gasteiger partial charge in [0.25, 0.3) is 0 Å². The van der Waals surface area contributed by atoms with E-state index in [2.05, 4.69) is 53.4 Å². The molecule has 1 aromatic heterocycles. The number of imidazole rings is 1. The van der Waals surface area contributed by atoms with Crippen LogP contribution >= 0.6 is 24.0 Å². The topological polar surface area (TPSA) is 20.7 Å². The summed E-state index contributed by atoms with van der Waals surface area (Å²) in [5, 5.41) is 0.719. The van der Waals surface area contributed by atoms with Crippen molar-refractivity contribution < 1.29 is 0 Å². The fourth-order valence-electron chi connectivity index (χ4n) is 3.23. The molecular weight excluding hydrogens is 272 g/mol. The second-order valence-electron chi connectivity index (χ2n) is 5.26. The first-order chi connectivity index (χ1) is 9.22. The van der Waals surface area contributed by atoms with E-state index in [9.17, 15) is 0 Å². The highest BCUT2D eigenvalue weighted by molar-refractivity contribution is 7.99. The van der Waals surface area contributed by atoms with Gasteiger partial charge in [0.1, 0.15) is 0 Å². The number of hydrogen-bond donors (Lipinski definition) is 1. The Morgan fingerprint density at radius 3 is 3.05 bits per heavy atom. The molecule has 2 unspecified atom stereocenters. The predicted octanol–water partition coefficient (Wildman–Crippen LogP) is 4.85. The highest BCUT2D eigenvalue weighted by Crippen LogP contribution is 2.40. The van der Waals surface area contributed by atoms with Crippen molar-refractivity contribution in [3.8, 4) is 0 Å². The third-order valence-electron chi connectivity index (χ3n) is 4.09. The molecule has 0 amide bonds. The second kappa shape index (κ2) is 5.33. The first-order valence-corrected chi connectivity index (χ1v) is 8.49. The van der Waals surface area contributed by atoms with E-state index in [1.54, 1.807) is 0 Å². The largest absolute Gasteiger partial charge is 0.330 e. The lowest BCUT2D eigenvalue weighted by Crippen LogP contribution is -2.16. The van der Waals surface area contributed by atoms with E-state index in [0.29, 0.717) is 6.04 Å². The Labute approximate surface area is 123 Å². The van der Waals surface area contributed by atoms with Crippen molar-refractivity contribution in [1.82, 2.24) is 9.55 Å². The van der Waals surface area contributed by atoms with Crippen molar-refractivity contribution in [2.45, 2.75) is 44.4 Å². The monoisotopic (exact) mass is 292 g/mol. The predicted molar refractivity (Wildman–Crippen MR) is 86.7 cm³/mol. The Balaban J connectivity index is 2.12. The maximum absolute atomic E-state index is 5.58. The molecule has 1 aliphatic carbocycles. The Bertz CT molecular complexity index is 641. The van der Waals surface area contributed by atoms with Crippen LogP contribution in [0.15, 0.2) is 18.2 Å². The molecule has 2 nitrogen and oxygen atoms in total. The first kappa shape index (κ1) is 13.3. The summed E-state index contributed by atoms with van der Waals surface area (Å²) in [5.41, 5.74) is 3.76. The van der Waals surface area contributed by atoms with Gasteiger partial charge < -0.3 is 9.55 Å². The standard InChI is InChI=1S/C15H20N2S2/c1-3-19-13-9-5-7-11(13)17-12-8-4-6-10(2)14(12)16-15(17)18/h4,6,8,11,13H,3,5,7,9H2,1-2H3,(H,16,18). The van der Waals surface area contributed by atoms with Gasteiger partial charge in [-0.1, -0.05) is 25.5 Å². The summed E-state index contributed by atoms with van der Waals surface area (Å²) in [6.07, 6.45) is 3.90. The van der Waals surface area contributed by atoms with Gasteiger partial charge in [-0.05, 0) is 49.4 Å². The van der Waals surface area contributed by atoms with Crippen LogP contribution in [0.1, 0.15) is 37.8 Å². The van der Waals surface area contributed by atoms with Gasteiger partial charge >= 0.3 is 0 Å². The minimum absolute atomic E-state index is 0.563. The van der Waals surface area contributed by atoms with Crippen molar-refractivity contribution in [3.63, 3.8) is 0 Å². The Morgan fingerprint density at radius 2 is 2.26 bits per heavy atom. The lowest BCUT2D eigenvalue weighted by atomic mass is 10.2. The molecule has 1 fully saturated rings. The van der Waals surface area contributed by atoms with Crippen LogP contribution in [0.25, 0.3) is 11.0 Å². The van der Waals surface area contributed by atoms with E-state index >= 15 is 0 Å². The zero-order valence-electron chi connectivity index (χ0n) is 11.5. The molecule has 1 aliphatic rings. The first-order valence-electron chi connectivity index (χ1n) is 7.03. The fraction of sp³-hybridized carbons (Fsp3) is 0.533. The van der Waals surface area contributed by atoms with Crippen LogP contribution in [0.2, 0.25) is 0 Å². The molecule has 4 heteroatoms. The van der Waals surface area contributed by atoms with E-state index in [-0.39, 0.29) is 0 Å². The average molecular weight is 292 g/mol. The number of H-pyrrole nitrogens is 1. The summed E-state index contributed by atoms with van der Waals surface area (Å²) in [7, 11) is 0. The summed E-state index contributed by atoms with van der Waals surface area (Å²) in [4.78, 5) is 3.40. The molecule has 0 bridgehead atoms. The molecule has 0 spiro atoms. The quantitative estimate of drug-likeness (QED) is 0.816. The van der Waals surface area contributed by atoms with Gasteiger partial charge in [-0.15, -0.1) is 0 Å².